The van der Waals surface area contributed by atoms with Crippen molar-refractivity contribution in [2.24, 2.45) is 0 Å². The summed E-state index contributed by atoms with van der Waals surface area (Å²) in [4.78, 5) is 16.1. The van der Waals surface area contributed by atoms with E-state index in [1.165, 1.54) is 11.3 Å². The van der Waals surface area contributed by atoms with E-state index in [0.717, 1.165) is 27.5 Å². The molecule has 2 heterocycles. The molecular formula is C12H9N3OS. The van der Waals surface area contributed by atoms with Crippen molar-refractivity contribution in [2.45, 2.75) is 6.92 Å². The van der Waals surface area contributed by atoms with Crippen LogP contribution in [0.3, 0.4) is 0 Å². The minimum absolute atomic E-state index is 0.440. The summed E-state index contributed by atoms with van der Waals surface area (Å²) in [6.07, 6.45) is 0.777. The number of fused-ring (bicyclic) bond motifs is 1. The molecule has 0 aliphatic carbocycles. The second kappa shape index (κ2) is 3.78. The third-order valence-corrected chi connectivity index (χ3v) is 3.31. The van der Waals surface area contributed by atoms with Crippen LogP contribution < -0.4 is 0 Å². The molecule has 0 saturated carbocycles. The highest BCUT2D eigenvalue weighted by Crippen LogP contribution is 2.26. The number of aromatic nitrogens is 3. The number of aldehydes is 1. The van der Waals surface area contributed by atoms with Crippen molar-refractivity contribution in [3.05, 3.63) is 41.0 Å². The molecule has 0 fully saturated rings. The Morgan fingerprint density at radius 1 is 1.29 bits per heavy atom. The van der Waals surface area contributed by atoms with E-state index in [0.29, 0.717) is 5.69 Å². The van der Waals surface area contributed by atoms with Gasteiger partial charge in [0.25, 0.3) is 0 Å². The molecule has 2 aromatic heterocycles. The van der Waals surface area contributed by atoms with E-state index in [2.05, 4.69) is 10.1 Å². The van der Waals surface area contributed by atoms with Gasteiger partial charge in [-0.25, -0.2) is 9.50 Å². The third kappa shape index (κ3) is 1.55. The van der Waals surface area contributed by atoms with E-state index in [4.69, 9.17) is 0 Å². The maximum Gasteiger partial charge on any atom is 0.213 e. The summed E-state index contributed by atoms with van der Waals surface area (Å²) < 4.78 is 1.74. The number of imidazole rings is 1. The van der Waals surface area contributed by atoms with Gasteiger partial charge in [0, 0.05) is 5.56 Å². The van der Waals surface area contributed by atoms with Gasteiger partial charge in [0.15, 0.2) is 6.29 Å². The average molecular weight is 243 g/mol. The lowest BCUT2D eigenvalue weighted by Crippen LogP contribution is -1.92. The number of aryl methyl sites for hydroxylation is 1. The Morgan fingerprint density at radius 2 is 2.06 bits per heavy atom. The predicted molar refractivity (Wildman–Crippen MR) is 66.4 cm³/mol. The fraction of sp³-hybridized carbons (Fsp3) is 0.0833. The van der Waals surface area contributed by atoms with Crippen LogP contribution in [0.4, 0.5) is 0 Å². The summed E-state index contributed by atoms with van der Waals surface area (Å²) in [5.74, 6) is 0. The summed E-state index contributed by atoms with van der Waals surface area (Å²) in [6, 6.07) is 9.70. The quantitative estimate of drug-likeness (QED) is 0.650. The Bertz CT molecular complexity index is 684. The van der Waals surface area contributed by atoms with Gasteiger partial charge in [0.1, 0.15) is 16.4 Å². The van der Waals surface area contributed by atoms with Gasteiger partial charge in [-0.05, 0) is 6.92 Å². The molecule has 0 aliphatic heterocycles. The summed E-state index contributed by atoms with van der Waals surface area (Å²) in [7, 11) is 0. The van der Waals surface area contributed by atoms with Crippen molar-refractivity contribution in [1.29, 1.82) is 0 Å². The zero-order valence-electron chi connectivity index (χ0n) is 9.12. The van der Waals surface area contributed by atoms with Crippen molar-refractivity contribution in [2.75, 3.05) is 0 Å². The molecule has 0 bridgehead atoms. The number of hydrogen-bond acceptors (Lipinski definition) is 4. The Labute approximate surface area is 102 Å². The van der Waals surface area contributed by atoms with Crippen LogP contribution in [0.25, 0.3) is 16.2 Å². The predicted octanol–water partition coefficient (Wildman–Crippen LogP) is 2.58. The van der Waals surface area contributed by atoms with Crippen LogP contribution in [-0.2, 0) is 0 Å². The molecule has 0 spiro atoms. The van der Waals surface area contributed by atoms with Gasteiger partial charge < -0.3 is 0 Å². The summed E-state index contributed by atoms with van der Waals surface area (Å²) >= 11 is 1.48. The van der Waals surface area contributed by atoms with Crippen LogP contribution in [0.2, 0.25) is 0 Å². The van der Waals surface area contributed by atoms with Crippen LogP contribution in [0.15, 0.2) is 30.3 Å². The van der Waals surface area contributed by atoms with Gasteiger partial charge in [-0.2, -0.15) is 5.10 Å². The highest BCUT2D eigenvalue weighted by Gasteiger charge is 2.16. The minimum atomic E-state index is 0.440. The van der Waals surface area contributed by atoms with E-state index in [1.54, 1.807) is 4.52 Å². The summed E-state index contributed by atoms with van der Waals surface area (Å²) in [5.41, 5.74) is 2.15. The first-order chi connectivity index (χ1) is 8.29. The van der Waals surface area contributed by atoms with Crippen molar-refractivity contribution in [3.8, 4) is 11.3 Å². The molecule has 84 valence electrons. The first kappa shape index (κ1) is 10.2. The maximum absolute atomic E-state index is 11.1. The molecular weight excluding hydrogens is 234 g/mol. The molecule has 3 rings (SSSR count). The van der Waals surface area contributed by atoms with E-state index in [-0.39, 0.29) is 0 Å². The van der Waals surface area contributed by atoms with Gasteiger partial charge in [0.2, 0.25) is 4.96 Å². The van der Waals surface area contributed by atoms with Crippen LogP contribution >= 0.6 is 11.3 Å². The maximum atomic E-state index is 11.1. The molecule has 0 atom stereocenters. The van der Waals surface area contributed by atoms with Gasteiger partial charge in [0.05, 0.1) is 0 Å². The average Bonchev–Trinajstić information content (AvgIpc) is 2.85. The molecule has 0 radical (unpaired) electrons. The van der Waals surface area contributed by atoms with E-state index >= 15 is 0 Å². The van der Waals surface area contributed by atoms with Crippen LogP contribution in [0.1, 0.15) is 15.5 Å². The largest absolute Gasteiger partial charge is 0.296 e. The highest BCUT2D eigenvalue weighted by molar-refractivity contribution is 7.16. The standard InChI is InChI=1S/C12H9N3OS/c1-8-14-15-11(9-5-3-2-4-6-9)10(7-16)13-12(15)17-8/h2-7H,1H3. The molecule has 0 amide bonds. The Balaban J connectivity index is 2.36. The van der Waals surface area contributed by atoms with Gasteiger partial charge >= 0.3 is 0 Å². The first-order valence-corrected chi connectivity index (χ1v) is 5.98. The SMILES string of the molecule is Cc1nn2c(-c3ccccc3)c(C=O)nc2s1. The number of nitrogens with zero attached hydrogens (tertiary/aromatic N) is 3. The highest BCUT2D eigenvalue weighted by atomic mass is 32.1. The fourth-order valence-electron chi connectivity index (χ4n) is 1.81. The molecule has 0 aliphatic rings. The number of hydrogen-bond donors (Lipinski definition) is 0. The molecule has 0 unspecified atom stereocenters. The van der Waals surface area contributed by atoms with Crippen LogP contribution in [0.5, 0.6) is 0 Å². The fourth-order valence-corrected chi connectivity index (χ4v) is 2.56. The molecule has 3 aromatic rings. The zero-order chi connectivity index (χ0) is 11.8. The molecule has 17 heavy (non-hydrogen) atoms. The molecule has 4 nitrogen and oxygen atoms in total. The Morgan fingerprint density at radius 3 is 2.76 bits per heavy atom. The lowest BCUT2D eigenvalue weighted by atomic mass is 10.1. The summed E-state index contributed by atoms with van der Waals surface area (Å²) in [5, 5.41) is 5.30. The van der Waals surface area contributed by atoms with Crippen LogP contribution in [0, 0.1) is 6.92 Å². The van der Waals surface area contributed by atoms with Crippen molar-refractivity contribution < 1.29 is 4.79 Å². The van der Waals surface area contributed by atoms with Crippen molar-refractivity contribution in [1.82, 2.24) is 14.6 Å². The Hall–Kier alpha value is -2.01. The van der Waals surface area contributed by atoms with E-state index in [1.807, 2.05) is 37.3 Å². The van der Waals surface area contributed by atoms with Crippen molar-refractivity contribution in [3.63, 3.8) is 0 Å². The smallest absolute Gasteiger partial charge is 0.213 e. The van der Waals surface area contributed by atoms with Gasteiger partial charge in [-0.3, -0.25) is 4.79 Å². The van der Waals surface area contributed by atoms with Crippen molar-refractivity contribution >= 4 is 22.6 Å². The normalized spacial score (nSPS) is 10.9. The van der Waals surface area contributed by atoms with Gasteiger partial charge in [-0.1, -0.05) is 41.7 Å². The Kier molecular flexibility index (Phi) is 2.26. The lowest BCUT2D eigenvalue weighted by molar-refractivity contribution is 0.112. The number of carbonyl (C=O) groups excluding carboxylic acids is 1. The van der Waals surface area contributed by atoms with Crippen LogP contribution in [-0.4, -0.2) is 20.9 Å². The van der Waals surface area contributed by atoms with E-state index in [9.17, 15) is 4.79 Å². The zero-order valence-corrected chi connectivity index (χ0v) is 9.94. The lowest BCUT2D eigenvalue weighted by Gasteiger charge is -1.98. The molecule has 0 saturated heterocycles. The molecule has 0 N–H and O–H groups in total. The number of carbonyl (C=O) groups is 1. The van der Waals surface area contributed by atoms with Gasteiger partial charge in [-0.15, -0.1) is 0 Å². The monoisotopic (exact) mass is 243 g/mol. The number of benzene rings is 1. The third-order valence-electron chi connectivity index (χ3n) is 2.49. The summed E-state index contributed by atoms with van der Waals surface area (Å²) in [6.45, 7) is 1.93. The number of rotatable bonds is 2. The minimum Gasteiger partial charge on any atom is -0.296 e. The van der Waals surface area contributed by atoms with E-state index < -0.39 is 0 Å². The molecule has 5 heteroatoms. The first-order valence-electron chi connectivity index (χ1n) is 5.16. The molecule has 1 aromatic carbocycles. The topological polar surface area (TPSA) is 47.3 Å². The second-order valence-corrected chi connectivity index (χ2v) is 4.81. The second-order valence-electron chi connectivity index (χ2n) is 3.64.